The first-order valence-electron chi connectivity index (χ1n) is 7.30. The molecule has 5 heteroatoms. The third-order valence-electron chi connectivity index (χ3n) is 3.87. The molecule has 3 rings (SSSR count). The Kier molecular flexibility index (Phi) is 4.47. The van der Waals surface area contributed by atoms with Crippen LogP contribution in [-0.2, 0) is 12.8 Å². The SMILES string of the molecule is N#Cc1c(NC(=O)c2ccc(Cl)cc2)sc2c1CCCCC2. The van der Waals surface area contributed by atoms with E-state index in [4.69, 9.17) is 11.6 Å². The van der Waals surface area contributed by atoms with Gasteiger partial charge in [-0.1, -0.05) is 18.0 Å². The summed E-state index contributed by atoms with van der Waals surface area (Å²) in [4.78, 5) is 13.6. The van der Waals surface area contributed by atoms with E-state index in [0.717, 1.165) is 31.2 Å². The third kappa shape index (κ3) is 3.01. The second-order valence-corrected chi connectivity index (χ2v) is 6.88. The van der Waals surface area contributed by atoms with Crippen molar-refractivity contribution in [2.24, 2.45) is 0 Å². The molecule has 0 unspecified atom stereocenters. The Hall–Kier alpha value is -1.83. The molecular formula is C17H15ClN2OS. The molecule has 0 radical (unpaired) electrons. The van der Waals surface area contributed by atoms with E-state index in [0.29, 0.717) is 21.2 Å². The van der Waals surface area contributed by atoms with Gasteiger partial charge in [0.1, 0.15) is 11.1 Å². The molecular weight excluding hydrogens is 316 g/mol. The van der Waals surface area contributed by atoms with Crippen LogP contribution in [0.15, 0.2) is 24.3 Å². The first-order chi connectivity index (χ1) is 10.7. The third-order valence-corrected chi connectivity index (χ3v) is 5.33. The van der Waals surface area contributed by atoms with Crippen molar-refractivity contribution < 1.29 is 4.79 Å². The lowest BCUT2D eigenvalue weighted by Gasteiger charge is -2.04. The summed E-state index contributed by atoms with van der Waals surface area (Å²) in [7, 11) is 0. The standard InChI is InChI=1S/C17H15ClN2OS/c18-12-8-6-11(7-9-12)16(21)20-17-14(10-19)13-4-2-1-3-5-15(13)22-17/h6-9H,1-5H2,(H,20,21). The predicted molar refractivity (Wildman–Crippen MR) is 89.7 cm³/mol. The highest BCUT2D eigenvalue weighted by molar-refractivity contribution is 7.16. The average molecular weight is 331 g/mol. The topological polar surface area (TPSA) is 52.9 Å². The monoisotopic (exact) mass is 330 g/mol. The maximum absolute atomic E-state index is 12.3. The van der Waals surface area contributed by atoms with Crippen LogP contribution >= 0.6 is 22.9 Å². The predicted octanol–water partition coefficient (Wildman–Crippen LogP) is 4.79. The van der Waals surface area contributed by atoms with Gasteiger partial charge in [-0.2, -0.15) is 5.26 Å². The van der Waals surface area contributed by atoms with Gasteiger partial charge >= 0.3 is 0 Å². The maximum Gasteiger partial charge on any atom is 0.256 e. The van der Waals surface area contributed by atoms with E-state index in [-0.39, 0.29) is 5.91 Å². The van der Waals surface area contributed by atoms with Crippen LogP contribution in [0.4, 0.5) is 5.00 Å². The first kappa shape index (κ1) is 15.1. The van der Waals surface area contributed by atoms with E-state index in [1.165, 1.54) is 11.3 Å². The average Bonchev–Trinajstić information content (AvgIpc) is 2.68. The normalized spacial score (nSPS) is 13.8. The molecule has 0 bridgehead atoms. The second-order valence-electron chi connectivity index (χ2n) is 5.34. The fourth-order valence-corrected chi connectivity index (χ4v) is 4.09. The molecule has 1 amide bonds. The van der Waals surface area contributed by atoms with Gasteiger partial charge in [-0.3, -0.25) is 4.79 Å². The number of halogens is 1. The van der Waals surface area contributed by atoms with Gasteiger partial charge in [0.05, 0.1) is 5.56 Å². The molecule has 0 aliphatic heterocycles. The van der Waals surface area contributed by atoms with Crippen LogP contribution < -0.4 is 5.32 Å². The highest BCUT2D eigenvalue weighted by atomic mass is 35.5. The van der Waals surface area contributed by atoms with Crippen LogP contribution in [-0.4, -0.2) is 5.91 Å². The molecule has 0 saturated heterocycles. The number of anilines is 1. The van der Waals surface area contributed by atoms with Crippen LogP contribution in [0.3, 0.4) is 0 Å². The van der Waals surface area contributed by atoms with Crippen molar-refractivity contribution in [1.29, 1.82) is 5.26 Å². The number of fused-ring (bicyclic) bond motifs is 1. The van der Waals surface area contributed by atoms with Crippen LogP contribution in [0.5, 0.6) is 0 Å². The Morgan fingerprint density at radius 3 is 2.64 bits per heavy atom. The van der Waals surface area contributed by atoms with E-state index >= 15 is 0 Å². The molecule has 1 aromatic heterocycles. The minimum atomic E-state index is -0.204. The molecule has 3 nitrogen and oxygen atoms in total. The highest BCUT2D eigenvalue weighted by Crippen LogP contribution is 2.37. The molecule has 1 aromatic carbocycles. The Morgan fingerprint density at radius 1 is 1.18 bits per heavy atom. The molecule has 2 aromatic rings. The van der Waals surface area contributed by atoms with Gasteiger partial charge in [0.15, 0.2) is 0 Å². The molecule has 1 heterocycles. The maximum atomic E-state index is 12.3. The van der Waals surface area contributed by atoms with Gasteiger partial charge in [0.2, 0.25) is 0 Å². The van der Waals surface area contributed by atoms with E-state index in [1.54, 1.807) is 35.6 Å². The lowest BCUT2D eigenvalue weighted by Crippen LogP contribution is -2.11. The molecule has 112 valence electrons. The zero-order valence-corrected chi connectivity index (χ0v) is 13.6. The second kappa shape index (κ2) is 6.51. The van der Waals surface area contributed by atoms with Crippen molar-refractivity contribution in [2.75, 3.05) is 5.32 Å². The summed E-state index contributed by atoms with van der Waals surface area (Å²) in [5.74, 6) is -0.204. The number of carbonyl (C=O) groups excluding carboxylic acids is 1. The number of hydrogen-bond acceptors (Lipinski definition) is 3. The summed E-state index contributed by atoms with van der Waals surface area (Å²) in [6, 6.07) is 9.01. The lowest BCUT2D eigenvalue weighted by atomic mass is 10.1. The van der Waals surface area contributed by atoms with E-state index < -0.39 is 0 Å². The van der Waals surface area contributed by atoms with Crippen LogP contribution in [0.1, 0.15) is 45.6 Å². The molecule has 22 heavy (non-hydrogen) atoms. The minimum absolute atomic E-state index is 0.204. The summed E-state index contributed by atoms with van der Waals surface area (Å²) in [5, 5.41) is 13.6. The molecule has 0 saturated carbocycles. The largest absolute Gasteiger partial charge is 0.312 e. The molecule has 1 aliphatic carbocycles. The van der Waals surface area contributed by atoms with Gasteiger partial charge in [0, 0.05) is 15.5 Å². The zero-order valence-electron chi connectivity index (χ0n) is 12.0. The number of nitrogens with zero attached hydrogens (tertiary/aromatic N) is 1. The molecule has 1 aliphatic rings. The van der Waals surface area contributed by atoms with Gasteiger partial charge < -0.3 is 5.32 Å². The Balaban J connectivity index is 1.88. The fraction of sp³-hybridized carbons (Fsp3) is 0.294. The zero-order chi connectivity index (χ0) is 15.5. The molecule has 1 N–H and O–H groups in total. The number of benzene rings is 1. The lowest BCUT2D eigenvalue weighted by molar-refractivity contribution is 0.102. The Morgan fingerprint density at radius 2 is 1.91 bits per heavy atom. The first-order valence-corrected chi connectivity index (χ1v) is 8.50. The van der Waals surface area contributed by atoms with Crippen molar-refractivity contribution >= 4 is 33.8 Å². The van der Waals surface area contributed by atoms with Crippen LogP contribution in [0, 0.1) is 11.3 Å². The van der Waals surface area contributed by atoms with Crippen molar-refractivity contribution in [3.05, 3.63) is 50.9 Å². The summed E-state index contributed by atoms with van der Waals surface area (Å²) in [6.07, 6.45) is 5.42. The highest BCUT2D eigenvalue weighted by Gasteiger charge is 2.21. The number of rotatable bonds is 2. The van der Waals surface area contributed by atoms with Gasteiger partial charge in [-0.15, -0.1) is 11.3 Å². The smallest absolute Gasteiger partial charge is 0.256 e. The minimum Gasteiger partial charge on any atom is -0.312 e. The Labute approximate surface area is 138 Å². The molecule has 0 atom stereocenters. The van der Waals surface area contributed by atoms with Crippen molar-refractivity contribution in [1.82, 2.24) is 0 Å². The van der Waals surface area contributed by atoms with Crippen molar-refractivity contribution in [2.45, 2.75) is 32.1 Å². The summed E-state index contributed by atoms with van der Waals surface area (Å²) in [6.45, 7) is 0. The van der Waals surface area contributed by atoms with Crippen LogP contribution in [0.25, 0.3) is 0 Å². The van der Waals surface area contributed by atoms with Crippen molar-refractivity contribution in [3.63, 3.8) is 0 Å². The van der Waals surface area contributed by atoms with E-state index in [9.17, 15) is 10.1 Å². The van der Waals surface area contributed by atoms with Crippen LogP contribution in [0.2, 0.25) is 5.02 Å². The fourth-order valence-electron chi connectivity index (χ4n) is 2.73. The molecule has 0 fully saturated rings. The summed E-state index contributed by atoms with van der Waals surface area (Å²) in [5.41, 5.74) is 2.32. The summed E-state index contributed by atoms with van der Waals surface area (Å²) >= 11 is 7.38. The van der Waals surface area contributed by atoms with E-state index in [2.05, 4.69) is 11.4 Å². The number of nitrogens with one attached hydrogen (secondary N) is 1. The summed E-state index contributed by atoms with van der Waals surface area (Å²) < 4.78 is 0. The quantitative estimate of drug-likeness (QED) is 0.804. The molecule has 0 spiro atoms. The number of aryl methyl sites for hydroxylation is 1. The number of thiophene rings is 1. The van der Waals surface area contributed by atoms with Gasteiger partial charge in [-0.05, 0) is 55.5 Å². The Bertz CT molecular complexity index is 743. The number of hydrogen-bond donors (Lipinski definition) is 1. The number of nitriles is 1. The van der Waals surface area contributed by atoms with Gasteiger partial charge in [-0.25, -0.2) is 0 Å². The number of carbonyl (C=O) groups is 1. The number of amides is 1. The van der Waals surface area contributed by atoms with Gasteiger partial charge in [0.25, 0.3) is 5.91 Å². The van der Waals surface area contributed by atoms with E-state index in [1.807, 2.05) is 0 Å². The van der Waals surface area contributed by atoms with Crippen molar-refractivity contribution in [3.8, 4) is 6.07 Å².